The van der Waals surface area contributed by atoms with Gasteiger partial charge in [-0.3, -0.25) is 0 Å². The predicted molar refractivity (Wildman–Crippen MR) is 99.9 cm³/mol. The van der Waals surface area contributed by atoms with Crippen molar-refractivity contribution in [3.05, 3.63) is 58.6 Å². The average molecular weight is 357 g/mol. The molecule has 0 saturated carbocycles. The van der Waals surface area contributed by atoms with Gasteiger partial charge in [0, 0.05) is 10.6 Å². The number of halogens is 2. The number of amidine groups is 1. The molecule has 2 heterocycles. The van der Waals surface area contributed by atoms with E-state index in [9.17, 15) is 0 Å². The van der Waals surface area contributed by atoms with Crippen LogP contribution < -0.4 is 5.32 Å². The van der Waals surface area contributed by atoms with Gasteiger partial charge >= 0.3 is 0 Å². The summed E-state index contributed by atoms with van der Waals surface area (Å²) in [4.78, 5) is 4.40. The average Bonchev–Trinajstić information content (AvgIpc) is 2.94. The molecule has 4 nitrogen and oxygen atoms in total. The van der Waals surface area contributed by atoms with Crippen molar-refractivity contribution >= 4 is 34.9 Å². The molecule has 24 heavy (non-hydrogen) atoms. The molecule has 1 aliphatic heterocycles. The fraction of sp³-hybridized carbons (Fsp3) is 0.111. The van der Waals surface area contributed by atoms with Gasteiger partial charge in [-0.1, -0.05) is 53.5 Å². The van der Waals surface area contributed by atoms with Gasteiger partial charge in [0.2, 0.25) is 0 Å². The number of nitrogens with one attached hydrogen (secondary N) is 1. The summed E-state index contributed by atoms with van der Waals surface area (Å²) in [5, 5.41) is 9.44. The number of rotatable bonds is 2. The molecule has 1 aromatic heterocycles. The zero-order valence-electron chi connectivity index (χ0n) is 12.9. The number of aromatic nitrogens is 2. The van der Waals surface area contributed by atoms with Gasteiger partial charge in [0.05, 0.1) is 10.6 Å². The maximum atomic E-state index is 6.42. The Labute approximate surface area is 149 Å². The van der Waals surface area contributed by atoms with E-state index in [1.807, 2.05) is 60.1 Å². The maximum absolute atomic E-state index is 6.42. The Hall–Kier alpha value is -2.30. The molecule has 0 unspecified atom stereocenters. The van der Waals surface area contributed by atoms with Crippen molar-refractivity contribution in [2.24, 2.45) is 4.99 Å². The summed E-state index contributed by atoms with van der Waals surface area (Å²) in [5.41, 5.74) is 3.74. The molecule has 0 fully saturated rings. The standard InChI is InChI=1S/C18H14Cl2N4/c1-11-21-10-24-18(22-11)16(12-6-8-13(19)9-7-12)17(23-24)14-4-2-3-5-15(14)20/h2-9H,10H2,1H3,(H,21,22). The van der Waals surface area contributed by atoms with E-state index >= 15 is 0 Å². The Morgan fingerprint density at radius 2 is 1.79 bits per heavy atom. The molecular weight excluding hydrogens is 343 g/mol. The zero-order valence-corrected chi connectivity index (χ0v) is 14.4. The lowest BCUT2D eigenvalue weighted by atomic mass is 10.0. The zero-order chi connectivity index (χ0) is 16.7. The van der Waals surface area contributed by atoms with E-state index < -0.39 is 0 Å². The summed E-state index contributed by atoms with van der Waals surface area (Å²) in [6.07, 6.45) is 0. The maximum Gasteiger partial charge on any atom is 0.140 e. The first-order chi connectivity index (χ1) is 11.6. The number of aliphatic imine (C=N–C) groups is 1. The van der Waals surface area contributed by atoms with Crippen LogP contribution in [0, 0.1) is 0 Å². The second-order valence-electron chi connectivity index (χ2n) is 5.57. The van der Waals surface area contributed by atoms with Crippen LogP contribution in [0.1, 0.15) is 6.92 Å². The molecule has 0 bridgehead atoms. The number of nitrogens with zero attached hydrogens (tertiary/aromatic N) is 3. The first-order valence-electron chi connectivity index (χ1n) is 7.53. The van der Waals surface area contributed by atoms with E-state index in [-0.39, 0.29) is 0 Å². The van der Waals surface area contributed by atoms with Gasteiger partial charge < -0.3 is 5.32 Å². The number of anilines is 1. The van der Waals surface area contributed by atoms with Gasteiger partial charge in [-0.25, -0.2) is 9.67 Å². The highest BCUT2D eigenvalue weighted by molar-refractivity contribution is 6.33. The van der Waals surface area contributed by atoms with Gasteiger partial charge in [0.1, 0.15) is 24.0 Å². The molecule has 3 aromatic rings. The third kappa shape index (κ3) is 2.58. The third-order valence-electron chi connectivity index (χ3n) is 3.96. The highest BCUT2D eigenvalue weighted by atomic mass is 35.5. The minimum Gasteiger partial charge on any atom is -0.329 e. The lowest BCUT2D eigenvalue weighted by Gasteiger charge is -2.15. The molecule has 4 rings (SSSR count). The van der Waals surface area contributed by atoms with Crippen molar-refractivity contribution in [1.29, 1.82) is 0 Å². The minimum absolute atomic E-state index is 0.485. The molecular formula is C18H14Cl2N4. The molecule has 2 aromatic carbocycles. The molecule has 6 heteroatoms. The van der Waals surface area contributed by atoms with E-state index in [4.69, 9.17) is 28.3 Å². The number of benzene rings is 2. The quantitative estimate of drug-likeness (QED) is 0.674. The number of fused-ring (bicyclic) bond motifs is 1. The monoisotopic (exact) mass is 356 g/mol. The molecule has 0 spiro atoms. The lowest BCUT2D eigenvalue weighted by Crippen LogP contribution is -2.19. The number of hydrogen-bond acceptors (Lipinski definition) is 3. The summed E-state index contributed by atoms with van der Waals surface area (Å²) in [6.45, 7) is 2.43. The van der Waals surface area contributed by atoms with Gasteiger partial charge in [-0.05, 0) is 30.7 Å². The van der Waals surface area contributed by atoms with Crippen molar-refractivity contribution in [2.45, 2.75) is 13.6 Å². The fourth-order valence-electron chi connectivity index (χ4n) is 2.81. The first-order valence-corrected chi connectivity index (χ1v) is 8.29. The van der Waals surface area contributed by atoms with Crippen molar-refractivity contribution in [3.8, 4) is 22.4 Å². The molecule has 0 radical (unpaired) electrons. The van der Waals surface area contributed by atoms with E-state index in [0.717, 1.165) is 34.0 Å². The second-order valence-corrected chi connectivity index (χ2v) is 6.41. The van der Waals surface area contributed by atoms with E-state index in [1.54, 1.807) is 0 Å². The van der Waals surface area contributed by atoms with Crippen molar-refractivity contribution < 1.29 is 0 Å². The van der Waals surface area contributed by atoms with E-state index in [1.165, 1.54) is 0 Å². The molecule has 1 aliphatic rings. The van der Waals surface area contributed by atoms with Gasteiger partial charge in [0.15, 0.2) is 0 Å². The first kappa shape index (κ1) is 15.2. The van der Waals surface area contributed by atoms with Gasteiger partial charge in [-0.2, -0.15) is 5.10 Å². The highest BCUT2D eigenvalue weighted by Crippen LogP contribution is 2.41. The normalized spacial score (nSPS) is 13.2. The van der Waals surface area contributed by atoms with Crippen LogP contribution in [0.15, 0.2) is 53.5 Å². The second kappa shape index (κ2) is 5.96. The Balaban J connectivity index is 1.97. The summed E-state index contributed by atoms with van der Waals surface area (Å²) in [5.74, 6) is 1.78. The fourth-order valence-corrected chi connectivity index (χ4v) is 3.16. The van der Waals surface area contributed by atoms with Crippen molar-refractivity contribution in [3.63, 3.8) is 0 Å². The highest BCUT2D eigenvalue weighted by Gasteiger charge is 2.24. The smallest absolute Gasteiger partial charge is 0.140 e. The molecule has 120 valence electrons. The van der Waals surface area contributed by atoms with Crippen LogP contribution in [0.5, 0.6) is 0 Å². The summed E-state index contributed by atoms with van der Waals surface area (Å²) >= 11 is 12.5. The lowest BCUT2D eigenvalue weighted by molar-refractivity contribution is 0.641. The van der Waals surface area contributed by atoms with Crippen LogP contribution in [-0.4, -0.2) is 15.6 Å². The summed E-state index contributed by atoms with van der Waals surface area (Å²) < 4.78 is 1.86. The molecule has 0 aliphatic carbocycles. The largest absolute Gasteiger partial charge is 0.329 e. The predicted octanol–water partition coefficient (Wildman–Crippen LogP) is 5.33. The summed E-state index contributed by atoms with van der Waals surface area (Å²) in [6, 6.07) is 15.4. The topological polar surface area (TPSA) is 42.2 Å². The van der Waals surface area contributed by atoms with Crippen LogP contribution in [-0.2, 0) is 6.67 Å². The Kier molecular flexibility index (Phi) is 3.79. The third-order valence-corrected chi connectivity index (χ3v) is 4.54. The minimum atomic E-state index is 0.485. The SMILES string of the molecule is CC1=NCn2nc(-c3ccccc3Cl)c(-c3ccc(Cl)cc3)c2N1. The molecule has 1 N–H and O–H groups in total. The van der Waals surface area contributed by atoms with Crippen LogP contribution in [0.2, 0.25) is 10.0 Å². The van der Waals surface area contributed by atoms with Crippen molar-refractivity contribution in [2.75, 3.05) is 5.32 Å². The Morgan fingerprint density at radius 1 is 1.04 bits per heavy atom. The van der Waals surface area contributed by atoms with Gasteiger partial charge in [0.25, 0.3) is 0 Å². The molecule has 0 saturated heterocycles. The Bertz CT molecular complexity index is 942. The Morgan fingerprint density at radius 3 is 2.54 bits per heavy atom. The van der Waals surface area contributed by atoms with Crippen LogP contribution >= 0.6 is 23.2 Å². The van der Waals surface area contributed by atoms with Crippen molar-refractivity contribution in [1.82, 2.24) is 9.78 Å². The molecule has 0 atom stereocenters. The van der Waals surface area contributed by atoms with Crippen LogP contribution in [0.4, 0.5) is 5.82 Å². The van der Waals surface area contributed by atoms with E-state index in [2.05, 4.69) is 10.3 Å². The summed E-state index contributed by atoms with van der Waals surface area (Å²) in [7, 11) is 0. The van der Waals surface area contributed by atoms with Gasteiger partial charge in [-0.15, -0.1) is 0 Å². The number of hydrogen-bond donors (Lipinski definition) is 1. The molecule has 0 amide bonds. The van der Waals surface area contributed by atoms with E-state index in [0.29, 0.717) is 16.7 Å². The van der Waals surface area contributed by atoms with Crippen LogP contribution in [0.25, 0.3) is 22.4 Å². The van der Waals surface area contributed by atoms with Crippen LogP contribution in [0.3, 0.4) is 0 Å².